The van der Waals surface area contributed by atoms with E-state index in [4.69, 9.17) is 15.2 Å². The molecule has 4 rings (SSSR count). The number of hydrogen-bond donors (Lipinski definition) is 1. The van der Waals surface area contributed by atoms with E-state index in [-0.39, 0.29) is 17.4 Å². The van der Waals surface area contributed by atoms with Gasteiger partial charge < -0.3 is 15.2 Å². The highest BCUT2D eigenvalue weighted by Gasteiger charge is 2.14. The zero-order chi connectivity index (χ0) is 17.9. The van der Waals surface area contributed by atoms with E-state index in [0.717, 1.165) is 16.6 Å². The molecule has 0 aliphatic carbocycles. The summed E-state index contributed by atoms with van der Waals surface area (Å²) in [5, 5.41) is 0.974. The molecule has 0 aliphatic rings. The van der Waals surface area contributed by atoms with Gasteiger partial charge in [-0.25, -0.2) is 4.98 Å². The third-order valence-corrected chi connectivity index (χ3v) is 3.80. The normalized spacial score (nSPS) is 10.7. The van der Waals surface area contributed by atoms with E-state index in [2.05, 4.69) is 15.0 Å². The first-order valence-corrected chi connectivity index (χ1v) is 8.08. The first kappa shape index (κ1) is 15.8. The Hall–Kier alpha value is -3.67. The first-order chi connectivity index (χ1) is 12.7. The number of pyridine rings is 1. The van der Waals surface area contributed by atoms with Gasteiger partial charge >= 0.3 is 0 Å². The molecule has 0 aliphatic heterocycles. The van der Waals surface area contributed by atoms with E-state index in [1.807, 2.05) is 67.6 Å². The lowest BCUT2D eigenvalue weighted by molar-refractivity contribution is 0.440. The maximum Gasteiger partial charge on any atom is 0.249 e. The molecule has 0 fully saturated rings. The molecule has 0 spiro atoms. The molecule has 2 heterocycles. The van der Waals surface area contributed by atoms with E-state index in [1.165, 1.54) is 6.33 Å². The molecule has 0 unspecified atom stereocenters. The third-order valence-electron chi connectivity index (χ3n) is 3.80. The zero-order valence-corrected chi connectivity index (χ0v) is 14.1. The van der Waals surface area contributed by atoms with Gasteiger partial charge in [-0.1, -0.05) is 36.4 Å². The number of anilines is 1. The first-order valence-electron chi connectivity index (χ1n) is 8.08. The molecule has 0 atom stereocenters. The van der Waals surface area contributed by atoms with Crippen LogP contribution in [0.25, 0.3) is 10.9 Å². The summed E-state index contributed by atoms with van der Waals surface area (Å²) in [5.41, 5.74) is 8.03. The fourth-order valence-corrected chi connectivity index (χ4v) is 2.53. The minimum absolute atomic E-state index is 0.223. The molecule has 6 nitrogen and oxygen atoms in total. The minimum Gasteiger partial charge on any atom is -0.437 e. The zero-order valence-electron chi connectivity index (χ0n) is 14.1. The van der Waals surface area contributed by atoms with Crippen LogP contribution in [0, 0.1) is 6.92 Å². The van der Waals surface area contributed by atoms with Crippen LogP contribution in [0.2, 0.25) is 0 Å². The van der Waals surface area contributed by atoms with Gasteiger partial charge in [0.15, 0.2) is 11.4 Å². The van der Waals surface area contributed by atoms with Crippen molar-refractivity contribution in [3.63, 3.8) is 0 Å². The van der Waals surface area contributed by atoms with Crippen LogP contribution in [0.3, 0.4) is 0 Å². The van der Waals surface area contributed by atoms with Crippen molar-refractivity contribution in [1.82, 2.24) is 15.0 Å². The molecule has 4 aromatic rings. The Morgan fingerprint density at radius 1 is 0.808 bits per heavy atom. The molecule has 6 heteroatoms. The summed E-state index contributed by atoms with van der Waals surface area (Å²) in [4.78, 5) is 12.8. The number of nitrogens with two attached hydrogens (primary N) is 1. The highest BCUT2D eigenvalue weighted by Crippen LogP contribution is 2.35. The number of nitrogen functional groups attached to an aromatic ring is 1. The van der Waals surface area contributed by atoms with Crippen molar-refractivity contribution in [1.29, 1.82) is 0 Å². The molecule has 0 saturated carbocycles. The second-order valence-electron chi connectivity index (χ2n) is 5.70. The number of benzene rings is 2. The molecule has 2 N–H and O–H groups in total. The fraction of sp³-hybridized carbons (Fsp3) is 0.0500. The van der Waals surface area contributed by atoms with Crippen LogP contribution in [0.15, 0.2) is 67.0 Å². The lowest BCUT2D eigenvalue weighted by Gasteiger charge is -2.12. The molecular weight excluding hydrogens is 328 g/mol. The maximum absolute atomic E-state index is 6.16. The Morgan fingerprint density at radius 3 is 2.38 bits per heavy atom. The van der Waals surface area contributed by atoms with Gasteiger partial charge in [0.1, 0.15) is 17.6 Å². The summed E-state index contributed by atoms with van der Waals surface area (Å²) in [6.07, 6.45) is 1.35. The predicted molar refractivity (Wildman–Crippen MR) is 99.5 cm³/mol. The number of ether oxygens (including phenoxy) is 2. The molecular formula is C20H16N4O2. The molecule has 2 aromatic carbocycles. The van der Waals surface area contributed by atoms with Gasteiger partial charge in [-0.2, -0.15) is 9.97 Å². The number of rotatable bonds is 4. The molecule has 128 valence electrons. The van der Waals surface area contributed by atoms with Crippen LogP contribution in [0.4, 0.5) is 5.69 Å². The van der Waals surface area contributed by atoms with Crippen LogP contribution >= 0.6 is 0 Å². The second kappa shape index (κ2) is 6.68. The Labute approximate surface area is 150 Å². The molecule has 2 aromatic heterocycles. The Morgan fingerprint density at radius 2 is 1.58 bits per heavy atom. The van der Waals surface area contributed by atoms with E-state index in [1.54, 1.807) is 0 Å². The Balaban J connectivity index is 1.69. The van der Waals surface area contributed by atoms with E-state index >= 15 is 0 Å². The minimum atomic E-state index is 0.223. The average molecular weight is 344 g/mol. The maximum atomic E-state index is 6.16. The van der Waals surface area contributed by atoms with Gasteiger partial charge in [-0.15, -0.1) is 0 Å². The number of hydrogen-bond acceptors (Lipinski definition) is 6. The summed E-state index contributed by atoms with van der Waals surface area (Å²) >= 11 is 0. The van der Waals surface area contributed by atoms with E-state index < -0.39 is 0 Å². The SMILES string of the molecule is Cc1ccc2cccc(Oc3ncnc(Oc4ccccc4)c3N)c2n1. The number of nitrogens with zero attached hydrogens (tertiary/aromatic N) is 3. The van der Waals surface area contributed by atoms with Crippen LogP contribution in [-0.4, -0.2) is 15.0 Å². The molecule has 0 amide bonds. The van der Waals surface area contributed by atoms with Crippen LogP contribution < -0.4 is 15.2 Å². The van der Waals surface area contributed by atoms with Gasteiger partial charge in [0.25, 0.3) is 0 Å². The molecule has 0 radical (unpaired) electrons. The third kappa shape index (κ3) is 3.12. The molecule has 0 bridgehead atoms. The molecule has 26 heavy (non-hydrogen) atoms. The van der Waals surface area contributed by atoms with E-state index in [9.17, 15) is 0 Å². The van der Waals surface area contributed by atoms with Gasteiger partial charge in [-0.05, 0) is 31.2 Å². The highest BCUT2D eigenvalue weighted by molar-refractivity contribution is 5.85. The summed E-state index contributed by atoms with van der Waals surface area (Å²) in [7, 11) is 0. The van der Waals surface area contributed by atoms with Crippen LogP contribution in [0.1, 0.15) is 5.69 Å². The summed E-state index contributed by atoms with van der Waals surface area (Å²) < 4.78 is 11.7. The Kier molecular flexibility index (Phi) is 4.07. The monoisotopic (exact) mass is 344 g/mol. The quantitative estimate of drug-likeness (QED) is 0.587. The Bertz CT molecular complexity index is 1070. The van der Waals surface area contributed by atoms with Crippen molar-refractivity contribution in [2.45, 2.75) is 6.92 Å². The number of aromatic nitrogens is 3. The topological polar surface area (TPSA) is 83.2 Å². The van der Waals surface area contributed by atoms with Gasteiger partial charge in [0, 0.05) is 11.1 Å². The molecule has 0 saturated heterocycles. The van der Waals surface area contributed by atoms with Gasteiger partial charge in [0.05, 0.1) is 0 Å². The fourth-order valence-electron chi connectivity index (χ4n) is 2.53. The van der Waals surface area contributed by atoms with Crippen molar-refractivity contribution >= 4 is 16.6 Å². The smallest absolute Gasteiger partial charge is 0.249 e. The summed E-state index contributed by atoms with van der Waals surface area (Å²) in [6.45, 7) is 1.93. The largest absolute Gasteiger partial charge is 0.437 e. The summed E-state index contributed by atoms with van der Waals surface area (Å²) in [5.74, 6) is 1.67. The van der Waals surface area contributed by atoms with E-state index in [0.29, 0.717) is 11.5 Å². The number of aryl methyl sites for hydroxylation is 1. The summed E-state index contributed by atoms with van der Waals surface area (Å²) in [6, 6.07) is 18.9. The van der Waals surface area contributed by atoms with Crippen LogP contribution in [-0.2, 0) is 0 Å². The average Bonchev–Trinajstić information content (AvgIpc) is 2.66. The van der Waals surface area contributed by atoms with Crippen LogP contribution in [0.5, 0.6) is 23.3 Å². The van der Waals surface area contributed by atoms with Crippen molar-refractivity contribution < 1.29 is 9.47 Å². The highest BCUT2D eigenvalue weighted by atomic mass is 16.5. The van der Waals surface area contributed by atoms with Crippen molar-refractivity contribution in [3.8, 4) is 23.3 Å². The number of para-hydroxylation sites is 2. The lowest BCUT2D eigenvalue weighted by atomic mass is 10.2. The second-order valence-corrected chi connectivity index (χ2v) is 5.70. The van der Waals surface area contributed by atoms with Gasteiger partial charge in [-0.3, -0.25) is 0 Å². The van der Waals surface area contributed by atoms with Crippen molar-refractivity contribution in [2.24, 2.45) is 0 Å². The standard InChI is InChI=1S/C20H16N4O2/c1-13-10-11-14-6-5-9-16(18(14)24-13)26-20-17(21)19(22-12-23-20)25-15-7-3-2-4-8-15/h2-12H,21H2,1H3. The predicted octanol–water partition coefficient (Wildman–Crippen LogP) is 4.50. The lowest BCUT2D eigenvalue weighted by Crippen LogP contribution is -2.01. The van der Waals surface area contributed by atoms with Crippen molar-refractivity contribution in [3.05, 3.63) is 72.7 Å². The van der Waals surface area contributed by atoms with Crippen molar-refractivity contribution in [2.75, 3.05) is 5.73 Å². The number of fused-ring (bicyclic) bond motifs is 1. The van der Waals surface area contributed by atoms with Gasteiger partial charge in [0.2, 0.25) is 11.8 Å².